The van der Waals surface area contributed by atoms with Gasteiger partial charge in [0.15, 0.2) is 0 Å². The molecule has 0 saturated carbocycles. The highest BCUT2D eigenvalue weighted by molar-refractivity contribution is 5.81. The Balaban J connectivity index is 1.51. The Labute approximate surface area is 148 Å². The van der Waals surface area contributed by atoms with E-state index in [9.17, 15) is 4.79 Å². The van der Waals surface area contributed by atoms with Crippen LogP contribution in [0.2, 0.25) is 0 Å². The van der Waals surface area contributed by atoms with Crippen molar-refractivity contribution in [1.82, 2.24) is 24.6 Å². The molecule has 2 aromatic rings. The van der Waals surface area contributed by atoms with Crippen molar-refractivity contribution in [3.8, 4) is 0 Å². The number of aromatic nitrogens is 3. The number of rotatable bonds is 3. The second-order valence-corrected chi connectivity index (χ2v) is 7.39. The van der Waals surface area contributed by atoms with Crippen LogP contribution in [-0.2, 0) is 18.4 Å². The van der Waals surface area contributed by atoms with Gasteiger partial charge in [0.1, 0.15) is 0 Å². The molecule has 2 aliphatic heterocycles. The van der Waals surface area contributed by atoms with Crippen molar-refractivity contribution in [3.63, 3.8) is 0 Å². The lowest BCUT2D eigenvalue weighted by Crippen LogP contribution is -2.53. The summed E-state index contributed by atoms with van der Waals surface area (Å²) in [5.74, 6) is 0.512. The molecule has 0 bridgehead atoms. The number of pyridine rings is 1. The van der Waals surface area contributed by atoms with E-state index >= 15 is 0 Å². The third kappa shape index (κ3) is 2.84. The number of carbonyl (C=O) groups is 1. The molecule has 4 rings (SSSR count). The zero-order valence-corrected chi connectivity index (χ0v) is 14.9. The summed E-state index contributed by atoms with van der Waals surface area (Å²) in [5.41, 5.74) is 2.43. The van der Waals surface area contributed by atoms with Gasteiger partial charge < -0.3 is 4.90 Å². The van der Waals surface area contributed by atoms with Gasteiger partial charge in [-0.3, -0.25) is 19.4 Å². The van der Waals surface area contributed by atoms with Crippen molar-refractivity contribution in [2.75, 3.05) is 20.1 Å². The highest BCUT2D eigenvalue weighted by Crippen LogP contribution is 2.48. The minimum atomic E-state index is -0.0607. The highest BCUT2D eigenvalue weighted by atomic mass is 16.2. The Morgan fingerprint density at radius 2 is 1.92 bits per heavy atom. The lowest BCUT2D eigenvalue weighted by molar-refractivity contribution is -0.130. The summed E-state index contributed by atoms with van der Waals surface area (Å²) in [6.45, 7) is 2.97. The first-order chi connectivity index (χ1) is 12.1. The lowest BCUT2D eigenvalue weighted by atomic mass is 9.74. The van der Waals surface area contributed by atoms with Crippen LogP contribution < -0.4 is 0 Å². The summed E-state index contributed by atoms with van der Waals surface area (Å²) in [6, 6.07) is 4.15. The average Bonchev–Trinajstić information content (AvgIpc) is 3.15. The SMILES string of the molecule is CN1C(=O)C[C@@H](c2cnn(C)c2)C12CCN(Cc1ccncc1)CC2. The van der Waals surface area contributed by atoms with Gasteiger partial charge >= 0.3 is 0 Å². The van der Waals surface area contributed by atoms with Gasteiger partial charge in [0.2, 0.25) is 5.91 Å². The van der Waals surface area contributed by atoms with E-state index in [4.69, 9.17) is 0 Å². The van der Waals surface area contributed by atoms with Crippen molar-refractivity contribution in [2.24, 2.45) is 7.05 Å². The van der Waals surface area contributed by atoms with E-state index < -0.39 is 0 Å². The van der Waals surface area contributed by atoms with Gasteiger partial charge in [-0.15, -0.1) is 0 Å². The van der Waals surface area contributed by atoms with E-state index in [0.29, 0.717) is 6.42 Å². The van der Waals surface area contributed by atoms with Gasteiger partial charge in [-0.1, -0.05) is 0 Å². The lowest BCUT2D eigenvalue weighted by Gasteiger charge is -2.46. The molecule has 0 aliphatic carbocycles. The van der Waals surface area contributed by atoms with Crippen molar-refractivity contribution in [2.45, 2.75) is 37.3 Å². The molecule has 4 heterocycles. The molecule has 0 aromatic carbocycles. The number of carbonyl (C=O) groups excluding carboxylic acids is 1. The van der Waals surface area contributed by atoms with Gasteiger partial charge in [0.25, 0.3) is 0 Å². The standard InChI is InChI=1S/C19H25N5O/c1-22-14-16(12-21-22)17-11-18(25)23(2)19(17)5-9-24(10-6-19)13-15-3-7-20-8-4-15/h3-4,7-8,12,14,17H,5-6,9-11,13H2,1-2H3/t17-/m0/s1. The molecule has 6 heteroatoms. The number of aryl methyl sites for hydroxylation is 1. The van der Waals surface area contributed by atoms with Gasteiger partial charge in [-0.25, -0.2) is 0 Å². The maximum atomic E-state index is 12.5. The predicted molar refractivity (Wildman–Crippen MR) is 94.8 cm³/mol. The molecular formula is C19H25N5O. The van der Waals surface area contributed by atoms with E-state index in [0.717, 1.165) is 32.5 Å². The Kier molecular flexibility index (Phi) is 4.07. The molecule has 1 atom stereocenters. The normalized spacial score (nSPS) is 23.5. The molecular weight excluding hydrogens is 314 g/mol. The topological polar surface area (TPSA) is 54.3 Å². The molecule has 0 N–H and O–H groups in total. The van der Waals surface area contributed by atoms with Gasteiger partial charge in [0.05, 0.1) is 11.7 Å². The highest BCUT2D eigenvalue weighted by Gasteiger charge is 2.52. The zero-order chi connectivity index (χ0) is 17.4. The predicted octanol–water partition coefficient (Wildman–Crippen LogP) is 1.80. The van der Waals surface area contributed by atoms with Crippen LogP contribution in [-0.4, -0.2) is 56.1 Å². The summed E-state index contributed by atoms with van der Waals surface area (Å²) in [4.78, 5) is 21.1. The average molecular weight is 339 g/mol. The van der Waals surface area contributed by atoms with E-state index in [-0.39, 0.29) is 17.4 Å². The van der Waals surface area contributed by atoms with Crippen LogP contribution in [0.15, 0.2) is 36.9 Å². The maximum Gasteiger partial charge on any atom is 0.223 e. The largest absolute Gasteiger partial charge is 0.339 e. The van der Waals surface area contributed by atoms with Crippen molar-refractivity contribution in [1.29, 1.82) is 0 Å². The van der Waals surface area contributed by atoms with Crippen LogP contribution in [0.1, 0.15) is 36.3 Å². The van der Waals surface area contributed by atoms with Gasteiger partial charge in [0, 0.05) is 64.7 Å². The number of hydrogen-bond acceptors (Lipinski definition) is 4. The number of likely N-dealkylation sites (N-methyl/N-ethyl adjacent to an activating group) is 1. The number of amides is 1. The molecule has 2 aliphatic rings. The van der Waals surface area contributed by atoms with Crippen LogP contribution in [0.25, 0.3) is 0 Å². The van der Waals surface area contributed by atoms with Crippen molar-refractivity contribution < 1.29 is 4.79 Å². The van der Waals surface area contributed by atoms with Crippen molar-refractivity contribution in [3.05, 3.63) is 48.0 Å². The number of nitrogens with zero attached hydrogens (tertiary/aromatic N) is 5. The fourth-order valence-corrected chi connectivity index (χ4v) is 4.56. The van der Waals surface area contributed by atoms with E-state index in [1.54, 1.807) is 0 Å². The zero-order valence-electron chi connectivity index (χ0n) is 14.9. The van der Waals surface area contributed by atoms with Gasteiger partial charge in [-0.05, 0) is 36.1 Å². The summed E-state index contributed by atoms with van der Waals surface area (Å²) < 4.78 is 1.84. The minimum absolute atomic E-state index is 0.0607. The van der Waals surface area contributed by atoms with E-state index in [1.165, 1.54) is 11.1 Å². The molecule has 2 saturated heterocycles. The Morgan fingerprint density at radius 1 is 1.20 bits per heavy atom. The fraction of sp³-hybridized carbons (Fsp3) is 0.526. The first-order valence-corrected chi connectivity index (χ1v) is 8.95. The number of likely N-dealkylation sites (tertiary alicyclic amines) is 2. The van der Waals surface area contributed by atoms with Crippen LogP contribution in [0, 0.1) is 0 Å². The monoisotopic (exact) mass is 339 g/mol. The van der Waals surface area contributed by atoms with Crippen LogP contribution in [0.3, 0.4) is 0 Å². The Morgan fingerprint density at radius 3 is 2.56 bits per heavy atom. The first-order valence-electron chi connectivity index (χ1n) is 8.95. The molecule has 1 amide bonds. The third-order valence-corrected chi connectivity index (χ3v) is 6.07. The summed E-state index contributed by atoms with van der Waals surface area (Å²) in [5, 5.41) is 4.33. The van der Waals surface area contributed by atoms with E-state index in [2.05, 4.69) is 33.3 Å². The summed E-state index contributed by atoms with van der Waals surface area (Å²) in [7, 11) is 3.92. The fourth-order valence-electron chi connectivity index (χ4n) is 4.56. The second-order valence-electron chi connectivity index (χ2n) is 7.39. The first kappa shape index (κ1) is 16.3. The molecule has 0 radical (unpaired) electrons. The Hall–Kier alpha value is -2.21. The molecule has 1 spiro atoms. The van der Waals surface area contributed by atoms with E-state index in [1.807, 2.05) is 42.3 Å². The third-order valence-electron chi connectivity index (χ3n) is 6.07. The number of hydrogen-bond donors (Lipinski definition) is 0. The molecule has 2 aromatic heterocycles. The maximum absolute atomic E-state index is 12.5. The quantitative estimate of drug-likeness (QED) is 0.856. The number of piperidine rings is 1. The van der Waals surface area contributed by atoms with Crippen molar-refractivity contribution >= 4 is 5.91 Å². The molecule has 2 fully saturated rings. The Bertz CT molecular complexity index is 748. The van der Waals surface area contributed by atoms with Gasteiger partial charge in [-0.2, -0.15) is 5.10 Å². The van der Waals surface area contributed by atoms with Crippen LogP contribution in [0.4, 0.5) is 0 Å². The van der Waals surface area contributed by atoms with Crippen LogP contribution in [0.5, 0.6) is 0 Å². The smallest absolute Gasteiger partial charge is 0.223 e. The molecule has 132 valence electrons. The summed E-state index contributed by atoms with van der Waals surface area (Å²) >= 11 is 0. The minimum Gasteiger partial charge on any atom is -0.339 e. The second kappa shape index (κ2) is 6.26. The summed E-state index contributed by atoms with van der Waals surface area (Å²) in [6.07, 6.45) is 10.3. The van der Waals surface area contributed by atoms with Crippen LogP contribution >= 0.6 is 0 Å². The molecule has 0 unspecified atom stereocenters. The molecule has 6 nitrogen and oxygen atoms in total. The molecule has 25 heavy (non-hydrogen) atoms.